The molecule has 0 fully saturated rings. The lowest BCUT2D eigenvalue weighted by Crippen LogP contribution is -2.39. The SMILES string of the molecule is O=C1c2c(sc3c2CCCC3)NCN1Cc1ccccc1Cl. The summed E-state index contributed by atoms with van der Waals surface area (Å²) < 4.78 is 0. The summed E-state index contributed by atoms with van der Waals surface area (Å²) in [4.78, 5) is 16.2. The molecule has 5 heteroatoms. The number of hydrogen-bond acceptors (Lipinski definition) is 3. The average Bonchev–Trinajstić information content (AvgIpc) is 2.91. The van der Waals surface area contributed by atoms with Crippen LogP contribution in [0.2, 0.25) is 5.02 Å². The zero-order chi connectivity index (χ0) is 15.1. The minimum absolute atomic E-state index is 0.146. The number of fused-ring (bicyclic) bond motifs is 3. The summed E-state index contributed by atoms with van der Waals surface area (Å²) in [6, 6.07) is 7.72. The number of nitrogens with one attached hydrogen (secondary N) is 1. The van der Waals surface area contributed by atoms with Gasteiger partial charge in [-0.1, -0.05) is 29.8 Å². The van der Waals surface area contributed by atoms with Crippen LogP contribution < -0.4 is 5.32 Å². The van der Waals surface area contributed by atoms with Crippen molar-refractivity contribution in [2.45, 2.75) is 32.2 Å². The first-order valence-electron chi connectivity index (χ1n) is 7.65. The van der Waals surface area contributed by atoms with Crippen LogP contribution in [0.15, 0.2) is 24.3 Å². The fourth-order valence-electron chi connectivity index (χ4n) is 3.27. The number of benzene rings is 1. The van der Waals surface area contributed by atoms with Crippen LogP contribution in [0.4, 0.5) is 5.00 Å². The van der Waals surface area contributed by atoms with Gasteiger partial charge in [0, 0.05) is 16.4 Å². The Morgan fingerprint density at radius 3 is 2.91 bits per heavy atom. The molecule has 0 saturated carbocycles. The third-order valence-electron chi connectivity index (χ3n) is 4.42. The number of nitrogens with zero attached hydrogens (tertiary/aromatic N) is 1. The monoisotopic (exact) mass is 332 g/mol. The Balaban J connectivity index is 1.64. The second kappa shape index (κ2) is 5.60. The van der Waals surface area contributed by atoms with Gasteiger partial charge < -0.3 is 10.2 Å². The normalized spacial score (nSPS) is 17.0. The first kappa shape index (κ1) is 14.1. The van der Waals surface area contributed by atoms with Crippen LogP contribution in [-0.4, -0.2) is 17.5 Å². The van der Waals surface area contributed by atoms with Gasteiger partial charge in [-0.05, 0) is 42.9 Å². The third-order valence-corrected chi connectivity index (χ3v) is 6.04. The molecule has 0 atom stereocenters. The number of carbonyl (C=O) groups is 1. The van der Waals surface area contributed by atoms with Crippen LogP contribution in [0.3, 0.4) is 0 Å². The molecule has 1 N–H and O–H groups in total. The summed E-state index contributed by atoms with van der Waals surface area (Å²) in [6.45, 7) is 1.10. The minimum atomic E-state index is 0.146. The molecular weight excluding hydrogens is 316 g/mol. The molecule has 1 aliphatic carbocycles. The van der Waals surface area contributed by atoms with E-state index in [1.807, 2.05) is 29.2 Å². The molecule has 4 rings (SSSR count). The van der Waals surface area contributed by atoms with Gasteiger partial charge in [-0.3, -0.25) is 4.79 Å². The highest BCUT2D eigenvalue weighted by molar-refractivity contribution is 7.16. The molecule has 1 aromatic heterocycles. The zero-order valence-corrected chi connectivity index (χ0v) is 13.8. The molecular formula is C17H17ClN2OS. The van der Waals surface area contributed by atoms with Crippen molar-refractivity contribution in [2.24, 2.45) is 0 Å². The van der Waals surface area contributed by atoms with E-state index < -0.39 is 0 Å². The minimum Gasteiger partial charge on any atom is -0.359 e. The molecule has 1 aliphatic heterocycles. The van der Waals surface area contributed by atoms with Crippen LogP contribution >= 0.6 is 22.9 Å². The Hall–Kier alpha value is -1.52. The number of anilines is 1. The van der Waals surface area contributed by atoms with Gasteiger partial charge >= 0.3 is 0 Å². The molecule has 0 spiro atoms. The van der Waals surface area contributed by atoms with Crippen molar-refractivity contribution in [1.29, 1.82) is 0 Å². The lowest BCUT2D eigenvalue weighted by Gasteiger charge is -2.29. The maximum Gasteiger partial charge on any atom is 0.258 e. The summed E-state index contributed by atoms with van der Waals surface area (Å²) in [6.07, 6.45) is 4.58. The quantitative estimate of drug-likeness (QED) is 0.889. The van der Waals surface area contributed by atoms with E-state index in [4.69, 9.17) is 11.6 Å². The first-order valence-corrected chi connectivity index (χ1v) is 8.84. The number of carbonyl (C=O) groups excluding carboxylic acids is 1. The van der Waals surface area contributed by atoms with E-state index in [-0.39, 0.29) is 5.91 Å². The van der Waals surface area contributed by atoms with Crippen molar-refractivity contribution in [2.75, 3.05) is 12.0 Å². The second-order valence-electron chi connectivity index (χ2n) is 5.84. The molecule has 2 aliphatic rings. The predicted octanol–water partition coefficient (Wildman–Crippen LogP) is 4.31. The molecule has 22 heavy (non-hydrogen) atoms. The summed E-state index contributed by atoms with van der Waals surface area (Å²) in [5.74, 6) is 0.146. The van der Waals surface area contributed by atoms with Crippen molar-refractivity contribution < 1.29 is 4.79 Å². The Labute approximate surface area is 138 Å². The van der Waals surface area contributed by atoms with Crippen LogP contribution in [-0.2, 0) is 19.4 Å². The van der Waals surface area contributed by atoms with Gasteiger partial charge in [0.2, 0.25) is 0 Å². The van der Waals surface area contributed by atoms with Crippen LogP contribution in [0.5, 0.6) is 0 Å². The van der Waals surface area contributed by atoms with Gasteiger partial charge in [0.1, 0.15) is 5.00 Å². The van der Waals surface area contributed by atoms with Crippen molar-refractivity contribution in [3.63, 3.8) is 0 Å². The third kappa shape index (κ3) is 2.31. The summed E-state index contributed by atoms with van der Waals surface area (Å²) in [5.41, 5.74) is 3.19. The number of thiophene rings is 1. The maximum atomic E-state index is 12.9. The van der Waals surface area contributed by atoms with E-state index in [2.05, 4.69) is 5.32 Å². The largest absolute Gasteiger partial charge is 0.359 e. The molecule has 2 heterocycles. The summed E-state index contributed by atoms with van der Waals surface area (Å²) >= 11 is 8.00. The average molecular weight is 333 g/mol. The van der Waals surface area contributed by atoms with Crippen molar-refractivity contribution in [3.05, 3.63) is 50.9 Å². The molecule has 2 aromatic rings. The smallest absolute Gasteiger partial charge is 0.258 e. The molecule has 1 aromatic carbocycles. The van der Waals surface area contributed by atoms with E-state index >= 15 is 0 Å². The Morgan fingerprint density at radius 1 is 1.23 bits per heavy atom. The molecule has 3 nitrogen and oxygen atoms in total. The lowest BCUT2D eigenvalue weighted by atomic mass is 9.94. The van der Waals surface area contributed by atoms with Crippen LogP contribution in [0.25, 0.3) is 0 Å². The molecule has 114 valence electrons. The highest BCUT2D eigenvalue weighted by atomic mass is 35.5. The highest BCUT2D eigenvalue weighted by Crippen LogP contribution is 2.40. The van der Waals surface area contributed by atoms with Gasteiger partial charge in [-0.2, -0.15) is 0 Å². The van der Waals surface area contributed by atoms with E-state index in [0.717, 1.165) is 29.0 Å². The number of hydrogen-bond donors (Lipinski definition) is 1. The van der Waals surface area contributed by atoms with E-state index in [9.17, 15) is 4.79 Å². The van der Waals surface area contributed by atoms with Gasteiger partial charge in [-0.25, -0.2) is 0 Å². The molecule has 0 radical (unpaired) electrons. The molecule has 0 bridgehead atoms. The molecule has 1 amide bonds. The topological polar surface area (TPSA) is 32.3 Å². The fourth-order valence-corrected chi connectivity index (χ4v) is 4.74. The number of rotatable bonds is 2. The zero-order valence-electron chi connectivity index (χ0n) is 12.2. The van der Waals surface area contributed by atoms with E-state index in [1.165, 1.54) is 23.3 Å². The Kier molecular flexibility index (Phi) is 3.59. The van der Waals surface area contributed by atoms with Crippen LogP contribution in [0.1, 0.15) is 39.2 Å². The van der Waals surface area contributed by atoms with Gasteiger partial charge in [0.25, 0.3) is 5.91 Å². The molecule has 0 saturated heterocycles. The standard InChI is InChI=1S/C17H17ClN2OS/c18-13-7-3-1-5-11(13)9-20-10-19-16-15(17(20)21)12-6-2-4-8-14(12)22-16/h1,3,5,7,19H,2,4,6,8-10H2. The Morgan fingerprint density at radius 2 is 2.05 bits per heavy atom. The van der Waals surface area contributed by atoms with Gasteiger partial charge in [-0.15, -0.1) is 11.3 Å². The van der Waals surface area contributed by atoms with Crippen molar-refractivity contribution in [3.8, 4) is 0 Å². The highest BCUT2D eigenvalue weighted by Gasteiger charge is 2.31. The van der Waals surface area contributed by atoms with Crippen LogP contribution in [0, 0.1) is 0 Å². The second-order valence-corrected chi connectivity index (χ2v) is 7.36. The van der Waals surface area contributed by atoms with E-state index in [0.29, 0.717) is 18.2 Å². The van der Waals surface area contributed by atoms with Gasteiger partial charge in [0.15, 0.2) is 0 Å². The predicted molar refractivity (Wildman–Crippen MR) is 90.8 cm³/mol. The van der Waals surface area contributed by atoms with Crippen molar-refractivity contribution in [1.82, 2.24) is 4.90 Å². The maximum absolute atomic E-state index is 12.9. The summed E-state index contributed by atoms with van der Waals surface area (Å²) in [5, 5.41) is 5.20. The Bertz CT molecular complexity index is 740. The lowest BCUT2D eigenvalue weighted by molar-refractivity contribution is 0.0746. The molecule has 0 unspecified atom stereocenters. The number of amides is 1. The first-order chi connectivity index (χ1) is 10.7. The van der Waals surface area contributed by atoms with E-state index in [1.54, 1.807) is 11.3 Å². The summed E-state index contributed by atoms with van der Waals surface area (Å²) in [7, 11) is 0. The van der Waals surface area contributed by atoms with Gasteiger partial charge in [0.05, 0.1) is 12.2 Å². The number of aryl methyl sites for hydroxylation is 1. The fraction of sp³-hybridized carbons (Fsp3) is 0.353. The number of halogens is 1. The van der Waals surface area contributed by atoms with Crippen molar-refractivity contribution >= 4 is 33.8 Å².